The fraction of sp³-hybridized carbons (Fsp3) is 0.750. The van der Waals surface area contributed by atoms with Gasteiger partial charge in [-0.25, -0.2) is 4.98 Å². The first-order valence-corrected chi connectivity index (χ1v) is 15.5. The van der Waals surface area contributed by atoms with Gasteiger partial charge in [-0.05, 0) is 38.1 Å². The topological polar surface area (TPSA) is 47.4 Å². The van der Waals surface area contributed by atoms with Crippen LogP contribution in [0.15, 0.2) is 29.3 Å². The molecule has 210 valence electrons. The molecule has 2 aromatic rings. The highest BCUT2D eigenvalue weighted by Gasteiger charge is 2.12. The van der Waals surface area contributed by atoms with E-state index in [1.54, 1.807) is 24.1 Å². The van der Waals surface area contributed by atoms with Crippen molar-refractivity contribution in [3.8, 4) is 5.75 Å². The van der Waals surface area contributed by atoms with Crippen LogP contribution in [-0.2, 0) is 6.54 Å². The first-order valence-electron chi connectivity index (χ1n) is 15.5. The van der Waals surface area contributed by atoms with Gasteiger partial charge in [0.05, 0.1) is 18.8 Å². The van der Waals surface area contributed by atoms with Crippen LogP contribution in [0, 0.1) is 0 Å². The van der Waals surface area contributed by atoms with E-state index in [1.807, 2.05) is 12.1 Å². The summed E-state index contributed by atoms with van der Waals surface area (Å²) in [6, 6.07) is 5.46. The van der Waals surface area contributed by atoms with E-state index < -0.39 is 0 Å². The summed E-state index contributed by atoms with van der Waals surface area (Å²) in [5.74, 6) is 0.645. The minimum Gasteiger partial charge on any atom is -0.494 e. The minimum absolute atomic E-state index is 0.00750. The van der Waals surface area contributed by atoms with Crippen molar-refractivity contribution in [1.82, 2.24) is 14.5 Å². The van der Waals surface area contributed by atoms with Crippen LogP contribution in [0.4, 0.5) is 0 Å². The lowest BCUT2D eigenvalue weighted by Crippen LogP contribution is -2.29. The largest absolute Gasteiger partial charge is 0.494 e. The van der Waals surface area contributed by atoms with Crippen LogP contribution < -0.4 is 10.3 Å². The Hall–Kier alpha value is -1.88. The van der Waals surface area contributed by atoms with Gasteiger partial charge in [-0.2, -0.15) is 0 Å². The van der Waals surface area contributed by atoms with Gasteiger partial charge in [0.2, 0.25) is 0 Å². The third-order valence-electron chi connectivity index (χ3n) is 7.60. The molecule has 0 saturated carbocycles. The number of hydrogen-bond acceptors (Lipinski definition) is 4. The molecule has 1 aliphatic rings. The summed E-state index contributed by atoms with van der Waals surface area (Å²) in [6.07, 6.45) is 26.1. The Morgan fingerprint density at radius 1 is 0.757 bits per heavy atom. The number of unbranched alkanes of at least 4 members (excludes halogenated alkanes) is 14. The van der Waals surface area contributed by atoms with Gasteiger partial charge in [-0.15, -0.1) is 0 Å². The van der Waals surface area contributed by atoms with E-state index >= 15 is 0 Å². The average Bonchev–Trinajstić information content (AvgIpc) is 3.45. The molecule has 1 aliphatic heterocycles. The lowest BCUT2D eigenvalue weighted by molar-refractivity contribution is 0.320. The first kappa shape index (κ1) is 31.3. The van der Waals surface area contributed by atoms with Crippen molar-refractivity contribution in [3.63, 3.8) is 0 Å². The van der Waals surface area contributed by atoms with Crippen molar-refractivity contribution < 1.29 is 4.74 Å². The summed E-state index contributed by atoms with van der Waals surface area (Å²) < 4.78 is 6.94. The zero-order valence-corrected chi connectivity index (χ0v) is 24.3. The molecule has 1 aromatic heterocycles. The van der Waals surface area contributed by atoms with Gasteiger partial charge in [0, 0.05) is 13.1 Å². The smallest absolute Gasteiger partial charge is 0.261 e. The molecule has 37 heavy (non-hydrogen) atoms. The number of hydrogen-bond donors (Lipinski definition) is 0. The standard InChI is InChI=1S/C17H36.C15H19N3O2/c1-3-5-7-9-11-13-15-17-16-14-12-10-8-6-4-2;1-20-13-6-4-5-12-14(13)16-11-18(15(12)19)10-9-17-7-2-3-8-17/h3-17H2,1-2H3;4-6,11H,2-3,7-10H2,1H3. The molecular weight excluding hydrogens is 458 g/mol. The van der Waals surface area contributed by atoms with Gasteiger partial charge in [0.25, 0.3) is 5.56 Å². The third kappa shape index (κ3) is 12.5. The molecule has 5 nitrogen and oxygen atoms in total. The minimum atomic E-state index is 0.00750. The van der Waals surface area contributed by atoms with E-state index in [0.29, 0.717) is 23.2 Å². The molecule has 1 saturated heterocycles. The van der Waals surface area contributed by atoms with Gasteiger partial charge in [-0.1, -0.05) is 116 Å². The Bertz CT molecular complexity index is 875. The lowest BCUT2D eigenvalue weighted by atomic mass is 10.0. The first-order chi connectivity index (χ1) is 18.2. The van der Waals surface area contributed by atoms with Gasteiger partial charge in [0.15, 0.2) is 0 Å². The zero-order valence-electron chi connectivity index (χ0n) is 24.3. The van der Waals surface area contributed by atoms with E-state index in [0.717, 1.165) is 19.6 Å². The van der Waals surface area contributed by atoms with Crippen molar-refractivity contribution in [2.75, 3.05) is 26.7 Å². The molecule has 0 bridgehead atoms. The molecule has 0 aliphatic carbocycles. The van der Waals surface area contributed by atoms with Crippen molar-refractivity contribution >= 4 is 10.9 Å². The van der Waals surface area contributed by atoms with E-state index in [1.165, 1.54) is 109 Å². The number of para-hydroxylation sites is 1. The summed E-state index contributed by atoms with van der Waals surface area (Å²) in [7, 11) is 1.59. The molecule has 1 aromatic carbocycles. The van der Waals surface area contributed by atoms with Crippen LogP contribution in [0.3, 0.4) is 0 Å². The van der Waals surface area contributed by atoms with Crippen molar-refractivity contribution in [1.29, 1.82) is 0 Å². The summed E-state index contributed by atoms with van der Waals surface area (Å²) in [4.78, 5) is 19.2. The van der Waals surface area contributed by atoms with Crippen LogP contribution in [0.5, 0.6) is 5.75 Å². The van der Waals surface area contributed by atoms with E-state index in [2.05, 4.69) is 23.7 Å². The second-order valence-electron chi connectivity index (χ2n) is 10.7. The monoisotopic (exact) mass is 513 g/mol. The Kier molecular flexibility index (Phi) is 17.0. The summed E-state index contributed by atoms with van der Waals surface area (Å²) >= 11 is 0. The number of likely N-dealkylation sites (tertiary alicyclic amines) is 1. The van der Waals surface area contributed by atoms with Crippen LogP contribution in [0.1, 0.15) is 123 Å². The van der Waals surface area contributed by atoms with Crippen molar-refractivity contribution in [2.24, 2.45) is 0 Å². The maximum atomic E-state index is 12.5. The number of methoxy groups -OCH3 is 1. The predicted molar refractivity (Wildman–Crippen MR) is 159 cm³/mol. The van der Waals surface area contributed by atoms with Crippen LogP contribution in [0.2, 0.25) is 0 Å². The number of rotatable bonds is 18. The third-order valence-corrected chi connectivity index (χ3v) is 7.60. The molecule has 2 heterocycles. The van der Waals surface area contributed by atoms with Crippen molar-refractivity contribution in [2.45, 2.75) is 130 Å². The highest BCUT2D eigenvalue weighted by molar-refractivity contribution is 5.83. The lowest BCUT2D eigenvalue weighted by Gasteiger charge is -2.15. The van der Waals surface area contributed by atoms with Crippen LogP contribution >= 0.6 is 0 Å². The molecule has 0 unspecified atom stereocenters. The Labute approximate surface area is 227 Å². The fourth-order valence-electron chi connectivity index (χ4n) is 5.19. The number of benzene rings is 1. The average molecular weight is 514 g/mol. The highest BCUT2D eigenvalue weighted by atomic mass is 16.5. The molecule has 1 fully saturated rings. The molecule has 0 radical (unpaired) electrons. The molecule has 0 N–H and O–H groups in total. The quantitative estimate of drug-likeness (QED) is 0.188. The Balaban J connectivity index is 0.000000265. The number of ether oxygens (including phenoxy) is 1. The maximum Gasteiger partial charge on any atom is 0.261 e. The van der Waals surface area contributed by atoms with E-state index in [4.69, 9.17) is 4.74 Å². The summed E-state index contributed by atoms with van der Waals surface area (Å²) in [6.45, 7) is 8.48. The van der Waals surface area contributed by atoms with Gasteiger partial charge in [-0.3, -0.25) is 9.36 Å². The molecule has 5 heteroatoms. The van der Waals surface area contributed by atoms with Crippen LogP contribution in [-0.4, -0.2) is 41.2 Å². The number of nitrogens with zero attached hydrogens (tertiary/aromatic N) is 3. The highest BCUT2D eigenvalue weighted by Crippen LogP contribution is 2.20. The predicted octanol–water partition coefficient (Wildman–Crippen LogP) is 8.38. The van der Waals surface area contributed by atoms with E-state index in [9.17, 15) is 4.79 Å². The fourth-order valence-corrected chi connectivity index (χ4v) is 5.19. The van der Waals surface area contributed by atoms with Gasteiger partial charge in [0.1, 0.15) is 11.3 Å². The normalized spacial score (nSPS) is 13.6. The Morgan fingerprint density at radius 3 is 1.76 bits per heavy atom. The molecule has 0 atom stereocenters. The molecule has 0 amide bonds. The molecular formula is C32H55N3O2. The van der Waals surface area contributed by atoms with Gasteiger partial charge >= 0.3 is 0 Å². The molecule has 3 rings (SSSR count). The zero-order chi connectivity index (χ0) is 26.6. The summed E-state index contributed by atoms with van der Waals surface area (Å²) in [5, 5.41) is 0.619. The summed E-state index contributed by atoms with van der Waals surface area (Å²) in [5.41, 5.74) is 0.644. The van der Waals surface area contributed by atoms with Gasteiger partial charge < -0.3 is 9.64 Å². The number of fused-ring (bicyclic) bond motifs is 1. The molecule has 0 spiro atoms. The van der Waals surface area contributed by atoms with Crippen LogP contribution in [0.25, 0.3) is 10.9 Å². The second kappa shape index (κ2) is 20.1. The van der Waals surface area contributed by atoms with Crippen molar-refractivity contribution in [3.05, 3.63) is 34.9 Å². The maximum absolute atomic E-state index is 12.5. The Morgan fingerprint density at radius 2 is 1.27 bits per heavy atom. The second-order valence-corrected chi connectivity index (χ2v) is 10.7. The SMILES string of the molecule is CCCCCCCCCCCCCCCCC.COc1cccc2c(=O)n(CCN3CCCC3)cnc12. The number of aromatic nitrogens is 2. The van der Waals surface area contributed by atoms with E-state index in [-0.39, 0.29) is 5.56 Å².